The molecule has 4 nitrogen and oxygen atoms in total. The Morgan fingerprint density at radius 3 is 3.05 bits per heavy atom. The first kappa shape index (κ1) is 13.9. The van der Waals surface area contributed by atoms with E-state index < -0.39 is 17.7 Å². The van der Waals surface area contributed by atoms with Crippen LogP contribution in [0.3, 0.4) is 0 Å². The number of carbonyl (C=O) groups excluding carboxylic acids is 1. The van der Waals surface area contributed by atoms with Crippen LogP contribution in [-0.2, 0) is 0 Å². The van der Waals surface area contributed by atoms with E-state index in [9.17, 15) is 13.6 Å². The molecule has 1 aliphatic heterocycles. The molecule has 1 aromatic rings. The Kier molecular flexibility index (Phi) is 4.42. The average Bonchev–Trinajstić information content (AvgIpc) is 2.87. The molecule has 1 saturated heterocycles. The quantitative estimate of drug-likeness (QED) is 0.848. The van der Waals surface area contributed by atoms with Crippen LogP contribution in [0.1, 0.15) is 36.0 Å². The topological polar surface area (TPSA) is 53.4 Å². The molecule has 0 saturated carbocycles. The first-order valence-corrected chi connectivity index (χ1v) is 6.37. The highest BCUT2D eigenvalue weighted by atomic mass is 19.2. The number of pyridine rings is 1. The smallest absolute Gasteiger partial charge is 0.257 e. The third-order valence-corrected chi connectivity index (χ3v) is 3.41. The lowest BCUT2D eigenvalue weighted by Gasteiger charge is -2.24. The number of rotatable bonds is 4. The minimum absolute atomic E-state index is 0.00437. The van der Waals surface area contributed by atoms with E-state index >= 15 is 0 Å². The summed E-state index contributed by atoms with van der Waals surface area (Å²) < 4.78 is 26.6. The van der Waals surface area contributed by atoms with E-state index in [-0.39, 0.29) is 18.2 Å². The van der Waals surface area contributed by atoms with Crippen LogP contribution in [-0.4, -0.2) is 40.1 Å². The number of aliphatic hydroxyl groups excluding tert-OH is 1. The number of nitrogens with zero attached hydrogens (tertiary/aromatic N) is 2. The van der Waals surface area contributed by atoms with Crippen molar-refractivity contribution in [3.63, 3.8) is 0 Å². The van der Waals surface area contributed by atoms with Crippen molar-refractivity contribution in [2.75, 3.05) is 13.2 Å². The van der Waals surface area contributed by atoms with Crippen LogP contribution >= 0.6 is 0 Å². The number of hydrogen-bond acceptors (Lipinski definition) is 3. The van der Waals surface area contributed by atoms with Crippen molar-refractivity contribution in [1.29, 1.82) is 0 Å². The molecule has 0 bridgehead atoms. The van der Waals surface area contributed by atoms with Gasteiger partial charge in [-0.15, -0.1) is 0 Å². The summed E-state index contributed by atoms with van der Waals surface area (Å²) in [6.07, 6.45) is 4.04. The summed E-state index contributed by atoms with van der Waals surface area (Å²) in [7, 11) is 0. The summed E-state index contributed by atoms with van der Waals surface area (Å²) in [6, 6.07) is 1.19. The number of carbonyl (C=O) groups is 1. The van der Waals surface area contributed by atoms with E-state index in [0.717, 1.165) is 19.0 Å². The predicted octanol–water partition coefficient (Wildman–Crippen LogP) is 1.74. The molecule has 0 radical (unpaired) electrons. The number of likely N-dealkylation sites (tertiary alicyclic amines) is 1. The molecule has 0 spiro atoms. The summed E-state index contributed by atoms with van der Waals surface area (Å²) >= 11 is 0. The van der Waals surface area contributed by atoms with Gasteiger partial charge in [-0.2, -0.15) is 4.39 Å². The highest BCUT2D eigenvalue weighted by Crippen LogP contribution is 2.24. The fraction of sp³-hybridized carbons (Fsp3) is 0.538. The summed E-state index contributed by atoms with van der Waals surface area (Å²) in [5.74, 6) is -2.95. The van der Waals surface area contributed by atoms with Crippen molar-refractivity contribution in [2.45, 2.75) is 31.7 Å². The molecule has 1 aromatic heterocycles. The van der Waals surface area contributed by atoms with Crippen molar-refractivity contribution < 1.29 is 18.7 Å². The first-order valence-electron chi connectivity index (χ1n) is 6.37. The van der Waals surface area contributed by atoms with Crippen LogP contribution in [0.2, 0.25) is 0 Å². The molecule has 2 heterocycles. The lowest BCUT2D eigenvalue weighted by molar-refractivity contribution is 0.0718. The molecule has 1 aliphatic rings. The van der Waals surface area contributed by atoms with Gasteiger partial charge >= 0.3 is 0 Å². The van der Waals surface area contributed by atoms with Gasteiger partial charge in [0.05, 0.1) is 5.56 Å². The zero-order valence-corrected chi connectivity index (χ0v) is 10.5. The molecular formula is C13H16F2N2O2. The average molecular weight is 270 g/mol. The Morgan fingerprint density at radius 2 is 2.32 bits per heavy atom. The Balaban J connectivity index is 2.16. The van der Waals surface area contributed by atoms with Gasteiger partial charge in [0, 0.05) is 25.4 Å². The highest BCUT2D eigenvalue weighted by molar-refractivity contribution is 5.94. The largest absolute Gasteiger partial charge is 0.396 e. The van der Waals surface area contributed by atoms with Gasteiger partial charge in [0.15, 0.2) is 5.82 Å². The maximum Gasteiger partial charge on any atom is 0.257 e. The van der Waals surface area contributed by atoms with Gasteiger partial charge in [-0.25, -0.2) is 9.37 Å². The molecule has 1 amide bonds. The second-order valence-electron chi connectivity index (χ2n) is 4.62. The van der Waals surface area contributed by atoms with Crippen molar-refractivity contribution in [3.05, 3.63) is 29.6 Å². The second-order valence-corrected chi connectivity index (χ2v) is 4.62. The molecule has 1 atom stereocenters. The molecular weight excluding hydrogens is 254 g/mol. The highest BCUT2D eigenvalue weighted by Gasteiger charge is 2.31. The zero-order chi connectivity index (χ0) is 13.8. The van der Waals surface area contributed by atoms with Crippen molar-refractivity contribution in [1.82, 2.24) is 9.88 Å². The van der Waals surface area contributed by atoms with Crippen molar-refractivity contribution in [3.8, 4) is 0 Å². The number of halogens is 2. The lowest BCUT2D eigenvalue weighted by Crippen LogP contribution is -2.36. The number of aliphatic hydroxyl groups is 1. The van der Waals surface area contributed by atoms with Gasteiger partial charge in [0.2, 0.25) is 5.95 Å². The molecule has 6 heteroatoms. The molecule has 0 aromatic carbocycles. The number of aromatic nitrogens is 1. The van der Waals surface area contributed by atoms with Crippen LogP contribution in [0, 0.1) is 11.8 Å². The normalized spacial score (nSPS) is 18.9. The molecule has 2 rings (SSSR count). The van der Waals surface area contributed by atoms with E-state index in [1.54, 1.807) is 4.90 Å². The zero-order valence-electron chi connectivity index (χ0n) is 10.5. The minimum atomic E-state index is -1.25. The maximum absolute atomic E-state index is 13.6. The number of amides is 1. The minimum Gasteiger partial charge on any atom is -0.396 e. The third kappa shape index (κ3) is 2.89. The Labute approximate surface area is 110 Å². The molecule has 104 valence electrons. The summed E-state index contributed by atoms with van der Waals surface area (Å²) in [5, 5.41) is 8.83. The predicted molar refractivity (Wildman–Crippen MR) is 64.5 cm³/mol. The summed E-state index contributed by atoms with van der Waals surface area (Å²) in [5.41, 5.74) is -0.275. The summed E-state index contributed by atoms with van der Waals surface area (Å²) in [4.78, 5) is 17.0. The molecule has 1 N–H and O–H groups in total. The maximum atomic E-state index is 13.6. The second kappa shape index (κ2) is 6.06. The van der Waals surface area contributed by atoms with Crippen LogP contribution in [0.4, 0.5) is 8.78 Å². The van der Waals surface area contributed by atoms with E-state index in [0.29, 0.717) is 19.4 Å². The third-order valence-electron chi connectivity index (χ3n) is 3.41. The van der Waals surface area contributed by atoms with Gasteiger partial charge in [-0.1, -0.05) is 0 Å². The first-order chi connectivity index (χ1) is 9.15. The number of hydrogen-bond donors (Lipinski definition) is 1. The molecule has 19 heavy (non-hydrogen) atoms. The van der Waals surface area contributed by atoms with E-state index in [1.165, 1.54) is 6.07 Å². The molecule has 0 aliphatic carbocycles. The fourth-order valence-electron chi connectivity index (χ4n) is 2.47. The Hall–Kier alpha value is -1.56. The van der Waals surface area contributed by atoms with Gasteiger partial charge in [-0.3, -0.25) is 4.79 Å². The van der Waals surface area contributed by atoms with Gasteiger partial charge in [0.1, 0.15) is 0 Å². The SMILES string of the molecule is O=C(c1ccnc(F)c1F)N1CCCC1CCCO. The van der Waals surface area contributed by atoms with Crippen LogP contribution in [0.5, 0.6) is 0 Å². The van der Waals surface area contributed by atoms with Gasteiger partial charge < -0.3 is 10.0 Å². The van der Waals surface area contributed by atoms with Gasteiger partial charge in [-0.05, 0) is 31.7 Å². The van der Waals surface area contributed by atoms with Crippen molar-refractivity contribution in [2.24, 2.45) is 0 Å². The Morgan fingerprint density at radius 1 is 1.53 bits per heavy atom. The Bertz CT molecular complexity index is 468. The lowest BCUT2D eigenvalue weighted by atomic mass is 10.1. The van der Waals surface area contributed by atoms with Crippen LogP contribution in [0.15, 0.2) is 12.3 Å². The molecule has 1 unspecified atom stereocenters. The van der Waals surface area contributed by atoms with Crippen LogP contribution in [0.25, 0.3) is 0 Å². The monoisotopic (exact) mass is 270 g/mol. The fourth-order valence-corrected chi connectivity index (χ4v) is 2.47. The molecule has 1 fully saturated rings. The standard InChI is InChI=1S/C13H16F2N2O2/c14-11-10(5-6-16-12(11)15)13(19)17-7-1-3-9(17)4-2-8-18/h5-6,9,18H,1-4,7-8H2. The van der Waals surface area contributed by atoms with E-state index in [4.69, 9.17) is 5.11 Å². The van der Waals surface area contributed by atoms with E-state index in [2.05, 4.69) is 4.98 Å². The van der Waals surface area contributed by atoms with E-state index in [1.807, 2.05) is 0 Å². The van der Waals surface area contributed by atoms with Crippen LogP contribution < -0.4 is 0 Å². The van der Waals surface area contributed by atoms with Gasteiger partial charge in [0.25, 0.3) is 5.91 Å². The van der Waals surface area contributed by atoms with Crippen molar-refractivity contribution >= 4 is 5.91 Å². The summed E-state index contributed by atoms with van der Waals surface area (Å²) in [6.45, 7) is 0.606.